The summed E-state index contributed by atoms with van der Waals surface area (Å²) in [6, 6.07) is 0.477. The highest BCUT2D eigenvalue weighted by Crippen LogP contribution is 2.33. The molecule has 1 unspecified atom stereocenters. The molecule has 0 aromatic rings. The van der Waals surface area contributed by atoms with Crippen LogP contribution in [0.25, 0.3) is 0 Å². The van der Waals surface area contributed by atoms with Crippen LogP contribution >= 0.6 is 0 Å². The molecule has 4 heteroatoms. The van der Waals surface area contributed by atoms with E-state index in [1.165, 1.54) is 12.8 Å². The van der Waals surface area contributed by atoms with Crippen molar-refractivity contribution < 1.29 is 9.53 Å². The molecular formula is C10H18N2O2. The van der Waals surface area contributed by atoms with Crippen molar-refractivity contribution >= 4 is 6.09 Å². The molecule has 2 fully saturated rings. The molecule has 1 atom stereocenters. The van der Waals surface area contributed by atoms with Gasteiger partial charge in [0.1, 0.15) is 6.61 Å². The highest BCUT2D eigenvalue weighted by Gasteiger charge is 2.34. The van der Waals surface area contributed by atoms with Crippen molar-refractivity contribution in [2.45, 2.75) is 25.8 Å². The monoisotopic (exact) mass is 198 g/mol. The van der Waals surface area contributed by atoms with Gasteiger partial charge in [0.25, 0.3) is 0 Å². The first-order valence-electron chi connectivity index (χ1n) is 5.46. The van der Waals surface area contributed by atoms with Gasteiger partial charge in [0.05, 0.1) is 6.54 Å². The number of hydrogen-bond donors (Lipinski definition) is 1. The fourth-order valence-electron chi connectivity index (χ4n) is 1.97. The lowest BCUT2D eigenvalue weighted by atomic mass is 10.1. The molecule has 2 rings (SSSR count). The number of hydrogen-bond acceptors (Lipinski definition) is 3. The third-order valence-corrected chi connectivity index (χ3v) is 2.92. The van der Waals surface area contributed by atoms with E-state index in [1.807, 2.05) is 4.90 Å². The number of rotatable bonds is 5. The minimum Gasteiger partial charge on any atom is -0.448 e. The predicted molar refractivity (Wildman–Crippen MR) is 53.1 cm³/mol. The average Bonchev–Trinajstić information content (AvgIpc) is 2.93. The van der Waals surface area contributed by atoms with Gasteiger partial charge in [-0.25, -0.2) is 4.79 Å². The van der Waals surface area contributed by atoms with E-state index in [9.17, 15) is 4.79 Å². The summed E-state index contributed by atoms with van der Waals surface area (Å²) in [6.45, 7) is 5.22. The Hall–Kier alpha value is -0.770. The third-order valence-electron chi connectivity index (χ3n) is 2.92. The first kappa shape index (κ1) is 9.77. The maximum Gasteiger partial charge on any atom is 0.409 e. The van der Waals surface area contributed by atoms with E-state index in [0.29, 0.717) is 12.6 Å². The number of nitrogens with zero attached hydrogens (tertiary/aromatic N) is 1. The molecule has 1 aliphatic heterocycles. The lowest BCUT2D eigenvalue weighted by Crippen LogP contribution is -2.42. The maximum atomic E-state index is 11.2. The molecule has 0 aromatic heterocycles. The molecule has 0 radical (unpaired) electrons. The quantitative estimate of drug-likeness (QED) is 0.711. The van der Waals surface area contributed by atoms with Crippen molar-refractivity contribution in [2.24, 2.45) is 5.92 Å². The van der Waals surface area contributed by atoms with Crippen LogP contribution < -0.4 is 5.32 Å². The fourth-order valence-corrected chi connectivity index (χ4v) is 1.97. The van der Waals surface area contributed by atoms with Gasteiger partial charge in [-0.3, -0.25) is 0 Å². The topological polar surface area (TPSA) is 41.6 Å². The largest absolute Gasteiger partial charge is 0.448 e. The number of ether oxygens (including phenoxy) is 1. The summed E-state index contributed by atoms with van der Waals surface area (Å²) in [5.41, 5.74) is 0. The van der Waals surface area contributed by atoms with Crippen LogP contribution in [0.3, 0.4) is 0 Å². The SMILES string of the molecule is CCNC(CN1CCOC1=O)C1CC1. The molecule has 2 aliphatic rings. The van der Waals surface area contributed by atoms with Crippen LogP contribution in [-0.2, 0) is 4.74 Å². The molecule has 0 bridgehead atoms. The van der Waals surface area contributed by atoms with Gasteiger partial charge in [0.15, 0.2) is 0 Å². The van der Waals surface area contributed by atoms with E-state index in [0.717, 1.165) is 25.6 Å². The predicted octanol–water partition coefficient (Wildman–Crippen LogP) is 0.827. The van der Waals surface area contributed by atoms with Gasteiger partial charge in [-0.15, -0.1) is 0 Å². The highest BCUT2D eigenvalue weighted by atomic mass is 16.6. The second kappa shape index (κ2) is 4.17. The molecular weight excluding hydrogens is 180 g/mol. The van der Waals surface area contributed by atoms with Crippen molar-refractivity contribution in [1.29, 1.82) is 0 Å². The lowest BCUT2D eigenvalue weighted by Gasteiger charge is -2.22. The van der Waals surface area contributed by atoms with Crippen LogP contribution in [0, 0.1) is 5.92 Å². The molecule has 0 spiro atoms. The first-order chi connectivity index (χ1) is 6.81. The Morgan fingerprint density at radius 2 is 2.43 bits per heavy atom. The van der Waals surface area contributed by atoms with E-state index in [1.54, 1.807) is 0 Å². The van der Waals surface area contributed by atoms with Crippen LogP contribution in [0.15, 0.2) is 0 Å². The highest BCUT2D eigenvalue weighted by molar-refractivity contribution is 5.69. The zero-order chi connectivity index (χ0) is 9.97. The summed E-state index contributed by atoms with van der Waals surface area (Å²) >= 11 is 0. The summed E-state index contributed by atoms with van der Waals surface area (Å²) in [4.78, 5) is 13.0. The van der Waals surface area contributed by atoms with Gasteiger partial charge in [-0.1, -0.05) is 6.92 Å². The first-order valence-corrected chi connectivity index (χ1v) is 5.46. The summed E-state index contributed by atoms with van der Waals surface area (Å²) in [5, 5.41) is 3.44. The second-order valence-corrected chi connectivity index (χ2v) is 4.06. The summed E-state index contributed by atoms with van der Waals surface area (Å²) < 4.78 is 4.90. The van der Waals surface area contributed by atoms with Gasteiger partial charge in [-0.2, -0.15) is 0 Å². The number of amides is 1. The standard InChI is InChI=1S/C10H18N2O2/c1-2-11-9(8-3-4-8)7-12-5-6-14-10(12)13/h8-9,11H,2-7H2,1H3. The molecule has 1 heterocycles. The molecule has 80 valence electrons. The van der Waals surface area contributed by atoms with Crippen LogP contribution in [0.4, 0.5) is 4.79 Å². The zero-order valence-electron chi connectivity index (χ0n) is 8.66. The summed E-state index contributed by atoms with van der Waals surface area (Å²) in [5.74, 6) is 0.781. The van der Waals surface area contributed by atoms with Gasteiger partial charge >= 0.3 is 6.09 Å². The van der Waals surface area contributed by atoms with Gasteiger partial charge < -0.3 is 15.0 Å². The van der Waals surface area contributed by atoms with Crippen molar-refractivity contribution in [3.63, 3.8) is 0 Å². The lowest BCUT2D eigenvalue weighted by molar-refractivity contribution is 0.155. The number of nitrogens with one attached hydrogen (secondary N) is 1. The molecule has 0 aromatic carbocycles. The second-order valence-electron chi connectivity index (χ2n) is 4.06. The molecule has 1 amide bonds. The molecule has 1 N–H and O–H groups in total. The van der Waals surface area contributed by atoms with Crippen LogP contribution in [0.1, 0.15) is 19.8 Å². The average molecular weight is 198 g/mol. The third kappa shape index (κ3) is 2.18. The number of likely N-dealkylation sites (N-methyl/N-ethyl adjacent to an activating group) is 1. The van der Waals surface area contributed by atoms with Gasteiger partial charge in [-0.05, 0) is 25.3 Å². The smallest absolute Gasteiger partial charge is 0.409 e. The van der Waals surface area contributed by atoms with Gasteiger partial charge in [0, 0.05) is 12.6 Å². The Labute approximate surface area is 84.6 Å². The number of carbonyl (C=O) groups excluding carboxylic acids is 1. The summed E-state index contributed by atoms with van der Waals surface area (Å²) in [6.07, 6.45) is 2.47. The normalized spacial score (nSPS) is 23.8. The zero-order valence-corrected chi connectivity index (χ0v) is 8.66. The van der Waals surface area contributed by atoms with E-state index in [4.69, 9.17) is 4.74 Å². The molecule has 1 saturated carbocycles. The Kier molecular flexibility index (Phi) is 2.91. The van der Waals surface area contributed by atoms with Gasteiger partial charge in [0.2, 0.25) is 0 Å². The fraction of sp³-hybridized carbons (Fsp3) is 0.900. The van der Waals surface area contributed by atoms with E-state index in [2.05, 4.69) is 12.2 Å². The maximum absolute atomic E-state index is 11.2. The van der Waals surface area contributed by atoms with Crippen LogP contribution in [-0.4, -0.2) is 43.3 Å². The Morgan fingerprint density at radius 1 is 1.64 bits per heavy atom. The summed E-state index contributed by atoms with van der Waals surface area (Å²) in [7, 11) is 0. The van der Waals surface area contributed by atoms with Crippen molar-refractivity contribution in [3.05, 3.63) is 0 Å². The number of carbonyl (C=O) groups is 1. The van der Waals surface area contributed by atoms with E-state index >= 15 is 0 Å². The van der Waals surface area contributed by atoms with Crippen molar-refractivity contribution in [3.8, 4) is 0 Å². The Balaban J connectivity index is 1.83. The molecule has 1 aliphatic carbocycles. The van der Waals surface area contributed by atoms with Crippen LogP contribution in [0.5, 0.6) is 0 Å². The minimum absolute atomic E-state index is 0.145. The number of cyclic esters (lactones) is 1. The molecule has 14 heavy (non-hydrogen) atoms. The Morgan fingerprint density at radius 3 is 2.93 bits per heavy atom. The minimum atomic E-state index is -0.145. The van der Waals surface area contributed by atoms with Crippen LogP contribution in [0.2, 0.25) is 0 Å². The van der Waals surface area contributed by atoms with Crippen molar-refractivity contribution in [2.75, 3.05) is 26.2 Å². The van der Waals surface area contributed by atoms with Crippen molar-refractivity contribution in [1.82, 2.24) is 10.2 Å². The molecule has 4 nitrogen and oxygen atoms in total. The molecule has 1 saturated heterocycles. The van der Waals surface area contributed by atoms with E-state index in [-0.39, 0.29) is 6.09 Å². The Bertz CT molecular complexity index is 216. The van der Waals surface area contributed by atoms with E-state index < -0.39 is 0 Å².